The average molecular weight is 298 g/mol. The molecule has 0 heterocycles. The van der Waals surface area contributed by atoms with Crippen molar-refractivity contribution in [2.24, 2.45) is 0 Å². The van der Waals surface area contributed by atoms with E-state index in [2.05, 4.69) is 20.8 Å². The van der Waals surface area contributed by atoms with Crippen LogP contribution in [0.3, 0.4) is 0 Å². The Kier molecular flexibility index (Phi) is 10.3. The van der Waals surface area contributed by atoms with Gasteiger partial charge in [-0.3, -0.25) is 0 Å². The SMILES string of the molecule is CCCCC(C)OP(O)(=S)SC(C)CCCC. The first-order valence-corrected chi connectivity index (χ1v) is 10.8. The predicted octanol–water partition coefficient (Wildman–Crippen LogP) is 5.11. The van der Waals surface area contributed by atoms with Crippen LogP contribution >= 0.6 is 17.1 Å². The van der Waals surface area contributed by atoms with E-state index < -0.39 is 5.69 Å². The Morgan fingerprint density at radius 3 is 2.24 bits per heavy atom. The molecule has 0 aromatic carbocycles. The summed E-state index contributed by atoms with van der Waals surface area (Å²) in [4.78, 5) is 10.1. The number of rotatable bonds is 10. The third kappa shape index (κ3) is 10.5. The van der Waals surface area contributed by atoms with Crippen molar-refractivity contribution in [2.75, 3.05) is 0 Å². The summed E-state index contributed by atoms with van der Waals surface area (Å²) in [6, 6.07) is 0. The van der Waals surface area contributed by atoms with Crippen molar-refractivity contribution >= 4 is 28.9 Å². The summed E-state index contributed by atoms with van der Waals surface area (Å²) < 4.78 is 5.63. The van der Waals surface area contributed by atoms with E-state index in [4.69, 9.17) is 16.3 Å². The fourth-order valence-electron chi connectivity index (χ4n) is 1.57. The molecule has 0 aromatic rings. The molecule has 0 radical (unpaired) electrons. The molecule has 3 unspecified atom stereocenters. The normalized spacial score (nSPS) is 18.6. The van der Waals surface area contributed by atoms with E-state index >= 15 is 0 Å². The van der Waals surface area contributed by atoms with Gasteiger partial charge in [-0.15, -0.1) is 0 Å². The average Bonchev–Trinajstić information content (AvgIpc) is 2.22. The standard InChI is InChI=1S/C12H27O2PS2/c1-5-7-9-11(3)14-15(13,16)17-12(4)10-8-6-2/h11-12H,5-10H2,1-4H3,(H,13,16). The van der Waals surface area contributed by atoms with Crippen molar-refractivity contribution in [3.63, 3.8) is 0 Å². The second kappa shape index (κ2) is 9.80. The molecule has 3 atom stereocenters. The molecule has 0 spiro atoms. The number of hydrogen-bond donors (Lipinski definition) is 1. The van der Waals surface area contributed by atoms with Gasteiger partial charge in [0.2, 0.25) is 5.69 Å². The molecular formula is C12H27O2PS2. The summed E-state index contributed by atoms with van der Waals surface area (Å²) in [6.07, 6.45) is 6.83. The Balaban J connectivity index is 3.96. The van der Waals surface area contributed by atoms with Crippen LogP contribution < -0.4 is 0 Å². The van der Waals surface area contributed by atoms with E-state index in [1.54, 1.807) is 0 Å². The predicted molar refractivity (Wildman–Crippen MR) is 83.2 cm³/mol. The Hall–Kier alpha value is 0.920. The Labute approximate surface area is 116 Å². The third-order valence-electron chi connectivity index (χ3n) is 2.55. The van der Waals surface area contributed by atoms with Crippen LogP contribution in [0.2, 0.25) is 0 Å². The minimum atomic E-state index is -2.64. The highest BCUT2D eigenvalue weighted by Gasteiger charge is 2.21. The molecule has 0 saturated heterocycles. The van der Waals surface area contributed by atoms with Crippen LogP contribution in [-0.2, 0) is 16.3 Å². The Morgan fingerprint density at radius 2 is 1.71 bits per heavy atom. The molecule has 5 heteroatoms. The van der Waals surface area contributed by atoms with Crippen molar-refractivity contribution in [1.82, 2.24) is 0 Å². The second-order valence-corrected chi connectivity index (χ2v) is 11.0. The first-order chi connectivity index (χ1) is 7.91. The fraction of sp³-hybridized carbons (Fsp3) is 1.00. The lowest BCUT2D eigenvalue weighted by atomic mass is 10.2. The first kappa shape index (κ1) is 17.9. The van der Waals surface area contributed by atoms with E-state index in [0.717, 1.165) is 25.7 Å². The van der Waals surface area contributed by atoms with Crippen molar-refractivity contribution in [3.05, 3.63) is 0 Å². The van der Waals surface area contributed by atoms with Crippen LogP contribution in [0.4, 0.5) is 0 Å². The van der Waals surface area contributed by atoms with Gasteiger partial charge in [0.25, 0.3) is 0 Å². The van der Waals surface area contributed by atoms with E-state index in [1.165, 1.54) is 24.2 Å². The molecule has 0 rings (SSSR count). The molecule has 104 valence electrons. The molecule has 0 aromatic heterocycles. The van der Waals surface area contributed by atoms with Crippen molar-refractivity contribution in [1.29, 1.82) is 0 Å². The summed E-state index contributed by atoms with van der Waals surface area (Å²) in [5.74, 6) is 0. The molecule has 0 amide bonds. The molecule has 0 aliphatic heterocycles. The van der Waals surface area contributed by atoms with Crippen LogP contribution in [0.5, 0.6) is 0 Å². The lowest BCUT2D eigenvalue weighted by Gasteiger charge is -2.23. The van der Waals surface area contributed by atoms with Gasteiger partial charge in [-0.25, -0.2) is 0 Å². The van der Waals surface area contributed by atoms with Crippen molar-refractivity contribution in [2.45, 2.75) is 77.6 Å². The summed E-state index contributed by atoms with van der Waals surface area (Å²) in [7, 11) is 0. The van der Waals surface area contributed by atoms with Crippen molar-refractivity contribution < 1.29 is 9.42 Å². The summed E-state index contributed by atoms with van der Waals surface area (Å²) in [5.41, 5.74) is -2.64. The molecule has 17 heavy (non-hydrogen) atoms. The van der Waals surface area contributed by atoms with Crippen LogP contribution in [0.15, 0.2) is 0 Å². The minimum Gasteiger partial charge on any atom is -0.337 e. The topological polar surface area (TPSA) is 29.5 Å². The van der Waals surface area contributed by atoms with Crippen LogP contribution in [0.25, 0.3) is 0 Å². The second-order valence-electron chi connectivity index (χ2n) is 4.59. The van der Waals surface area contributed by atoms with Crippen molar-refractivity contribution in [3.8, 4) is 0 Å². The van der Waals surface area contributed by atoms with Gasteiger partial charge in [-0.2, -0.15) is 0 Å². The molecule has 2 nitrogen and oxygen atoms in total. The monoisotopic (exact) mass is 298 g/mol. The summed E-state index contributed by atoms with van der Waals surface area (Å²) in [6.45, 7) is 8.46. The van der Waals surface area contributed by atoms with E-state index in [9.17, 15) is 4.89 Å². The van der Waals surface area contributed by atoms with Crippen LogP contribution in [0.1, 0.15) is 66.2 Å². The number of hydrogen-bond acceptors (Lipinski definition) is 3. The minimum absolute atomic E-state index is 0.0802. The zero-order valence-corrected chi connectivity index (χ0v) is 14.0. The molecule has 0 aliphatic carbocycles. The first-order valence-electron chi connectivity index (χ1n) is 6.60. The summed E-state index contributed by atoms with van der Waals surface area (Å²) >= 11 is 6.67. The maximum atomic E-state index is 10.1. The molecular weight excluding hydrogens is 271 g/mol. The van der Waals surface area contributed by atoms with Gasteiger partial charge in [-0.05, 0) is 31.6 Å². The van der Waals surface area contributed by atoms with Gasteiger partial charge in [-0.1, -0.05) is 57.8 Å². The Bertz CT molecular complexity index is 217. The van der Waals surface area contributed by atoms with E-state index in [0.29, 0.717) is 5.25 Å². The van der Waals surface area contributed by atoms with Crippen LogP contribution in [-0.4, -0.2) is 16.2 Å². The van der Waals surface area contributed by atoms with Gasteiger partial charge in [0, 0.05) is 5.25 Å². The van der Waals surface area contributed by atoms with Gasteiger partial charge in [0.05, 0.1) is 6.10 Å². The van der Waals surface area contributed by atoms with Crippen LogP contribution in [0, 0.1) is 0 Å². The van der Waals surface area contributed by atoms with E-state index in [1.807, 2.05) is 6.92 Å². The zero-order chi connectivity index (χ0) is 13.3. The zero-order valence-electron chi connectivity index (χ0n) is 11.5. The molecule has 0 fully saturated rings. The highest BCUT2D eigenvalue weighted by molar-refractivity contribution is 8.67. The maximum Gasteiger partial charge on any atom is 0.245 e. The molecule has 0 saturated carbocycles. The smallest absolute Gasteiger partial charge is 0.245 e. The highest BCUT2D eigenvalue weighted by Crippen LogP contribution is 2.59. The third-order valence-corrected chi connectivity index (χ3v) is 7.21. The van der Waals surface area contributed by atoms with Gasteiger partial charge < -0.3 is 9.42 Å². The van der Waals surface area contributed by atoms with Gasteiger partial charge in [0.15, 0.2) is 0 Å². The van der Waals surface area contributed by atoms with Gasteiger partial charge in [0.1, 0.15) is 0 Å². The molecule has 0 bridgehead atoms. The lowest BCUT2D eigenvalue weighted by molar-refractivity contribution is 0.214. The fourth-order valence-corrected chi connectivity index (χ4v) is 6.94. The molecule has 1 N–H and O–H groups in total. The quantitative estimate of drug-likeness (QED) is 0.567. The highest BCUT2D eigenvalue weighted by atomic mass is 32.9. The largest absolute Gasteiger partial charge is 0.337 e. The Morgan fingerprint density at radius 1 is 1.18 bits per heavy atom. The van der Waals surface area contributed by atoms with Gasteiger partial charge >= 0.3 is 0 Å². The summed E-state index contributed by atoms with van der Waals surface area (Å²) in [5, 5.41) is 0.393. The van der Waals surface area contributed by atoms with E-state index in [-0.39, 0.29) is 6.10 Å². The number of unbranched alkanes of at least 4 members (excludes halogenated alkanes) is 2. The maximum absolute atomic E-state index is 10.1. The molecule has 0 aliphatic rings. The lowest BCUT2D eigenvalue weighted by Crippen LogP contribution is -2.06.